The molecule has 0 radical (unpaired) electrons. The molecule has 0 spiro atoms. The van der Waals surface area contributed by atoms with Crippen molar-refractivity contribution in [2.24, 2.45) is 0 Å². The highest BCUT2D eigenvalue weighted by Crippen LogP contribution is 2.30. The number of hydrogen-bond donors (Lipinski definition) is 1. The van der Waals surface area contributed by atoms with Gasteiger partial charge in [0.05, 0.1) is 12.0 Å². The van der Waals surface area contributed by atoms with Crippen molar-refractivity contribution in [3.8, 4) is 5.69 Å². The summed E-state index contributed by atoms with van der Waals surface area (Å²) in [5, 5.41) is 3.46. The van der Waals surface area contributed by atoms with Crippen LogP contribution in [0.15, 0.2) is 30.7 Å². The predicted octanol–water partition coefficient (Wildman–Crippen LogP) is 2.83. The zero-order valence-corrected chi connectivity index (χ0v) is 11.8. The van der Waals surface area contributed by atoms with Crippen LogP contribution in [-0.2, 0) is 12.8 Å². The Kier molecular flexibility index (Phi) is 3.07. The van der Waals surface area contributed by atoms with Crippen molar-refractivity contribution in [2.45, 2.75) is 38.0 Å². The first-order valence-corrected chi connectivity index (χ1v) is 7.77. The Labute approximate surface area is 120 Å². The van der Waals surface area contributed by atoms with Gasteiger partial charge in [-0.1, -0.05) is 12.1 Å². The molecule has 2 aliphatic rings. The molecule has 0 bridgehead atoms. The Morgan fingerprint density at radius 1 is 1.20 bits per heavy atom. The molecule has 1 aliphatic heterocycles. The van der Waals surface area contributed by atoms with Gasteiger partial charge in [-0.2, -0.15) is 0 Å². The Hall–Kier alpha value is -1.61. The minimum Gasteiger partial charge on any atom is -0.316 e. The summed E-state index contributed by atoms with van der Waals surface area (Å²) in [6.45, 7) is 2.21. The SMILES string of the molecule is c1cc2c(c(-n3cncc3C3CCNC3)c1)CCCC2. The largest absolute Gasteiger partial charge is 0.316 e. The van der Waals surface area contributed by atoms with Crippen molar-refractivity contribution in [3.63, 3.8) is 0 Å². The molecule has 1 N–H and O–H groups in total. The molecule has 1 aromatic carbocycles. The van der Waals surface area contributed by atoms with Crippen LogP contribution in [0.1, 0.15) is 42.0 Å². The first-order valence-electron chi connectivity index (χ1n) is 7.77. The van der Waals surface area contributed by atoms with Crippen LogP contribution in [0.25, 0.3) is 5.69 Å². The van der Waals surface area contributed by atoms with E-state index in [1.165, 1.54) is 49.0 Å². The molecule has 2 heterocycles. The van der Waals surface area contributed by atoms with Gasteiger partial charge < -0.3 is 9.88 Å². The van der Waals surface area contributed by atoms with E-state index >= 15 is 0 Å². The molecule has 0 saturated carbocycles. The first kappa shape index (κ1) is 12.2. The summed E-state index contributed by atoms with van der Waals surface area (Å²) in [5.74, 6) is 0.608. The molecule has 1 aromatic heterocycles. The predicted molar refractivity (Wildman–Crippen MR) is 80.4 cm³/mol. The van der Waals surface area contributed by atoms with Crippen LogP contribution in [0, 0.1) is 0 Å². The number of hydrogen-bond acceptors (Lipinski definition) is 2. The second-order valence-electron chi connectivity index (χ2n) is 6.00. The van der Waals surface area contributed by atoms with E-state index in [1.807, 2.05) is 6.33 Å². The Bertz CT molecular complexity index is 608. The summed E-state index contributed by atoms with van der Waals surface area (Å²) in [5.41, 5.74) is 5.82. The molecule has 3 nitrogen and oxygen atoms in total. The average molecular weight is 267 g/mol. The zero-order valence-electron chi connectivity index (χ0n) is 11.8. The highest BCUT2D eigenvalue weighted by atomic mass is 15.1. The fourth-order valence-corrected chi connectivity index (χ4v) is 3.70. The molecule has 3 heteroatoms. The number of fused-ring (bicyclic) bond motifs is 1. The molecular weight excluding hydrogens is 246 g/mol. The van der Waals surface area contributed by atoms with Crippen molar-refractivity contribution >= 4 is 0 Å². The van der Waals surface area contributed by atoms with Crippen molar-refractivity contribution < 1.29 is 0 Å². The Morgan fingerprint density at radius 3 is 3.05 bits per heavy atom. The number of nitrogens with zero attached hydrogens (tertiary/aromatic N) is 2. The van der Waals surface area contributed by atoms with Gasteiger partial charge >= 0.3 is 0 Å². The number of rotatable bonds is 2. The lowest BCUT2D eigenvalue weighted by Gasteiger charge is -2.21. The fourth-order valence-electron chi connectivity index (χ4n) is 3.70. The van der Waals surface area contributed by atoms with E-state index < -0.39 is 0 Å². The lowest BCUT2D eigenvalue weighted by Crippen LogP contribution is -2.13. The molecule has 1 unspecified atom stereocenters. The van der Waals surface area contributed by atoms with Crippen LogP contribution in [-0.4, -0.2) is 22.6 Å². The van der Waals surface area contributed by atoms with Crippen LogP contribution < -0.4 is 5.32 Å². The number of benzene rings is 1. The highest BCUT2D eigenvalue weighted by Gasteiger charge is 2.22. The van der Waals surface area contributed by atoms with Crippen molar-refractivity contribution in [1.82, 2.24) is 14.9 Å². The van der Waals surface area contributed by atoms with E-state index in [9.17, 15) is 0 Å². The normalized spacial score (nSPS) is 21.9. The van der Waals surface area contributed by atoms with E-state index in [0.717, 1.165) is 13.1 Å². The summed E-state index contributed by atoms with van der Waals surface area (Å²) >= 11 is 0. The molecular formula is C17H21N3. The van der Waals surface area contributed by atoms with Crippen LogP contribution in [0.2, 0.25) is 0 Å². The van der Waals surface area contributed by atoms with Gasteiger partial charge in [-0.15, -0.1) is 0 Å². The first-order chi connectivity index (χ1) is 9.93. The second-order valence-corrected chi connectivity index (χ2v) is 6.00. The monoisotopic (exact) mass is 267 g/mol. The molecule has 20 heavy (non-hydrogen) atoms. The van der Waals surface area contributed by atoms with Crippen molar-refractivity contribution in [1.29, 1.82) is 0 Å². The maximum absolute atomic E-state index is 4.43. The quantitative estimate of drug-likeness (QED) is 0.906. The third kappa shape index (κ3) is 1.97. The molecule has 2 aromatic rings. The molecule has 1 atom stereocenters. The fraction of sp³-hybridized carbons (Fsp3) is 0.471. The lowest BCUT2D eigenvalue weighted by molar-refractivity contribution is 0.672. The van der Waals surface area contributed by atoms with E-state index in [0.29, 0.717) is 5.92 Å². The minimum atomic E-state index is 0.608. The Morgan fingerprint density at radius 2 is 2.15 bits per heavy atom. The second kappa shape index (κ2) is 5.06. The van der Waals surface area contributed by atoms with Gasteiger partial charge in [-0.05, 0) is 55.8 Å². The lowest BCUT2D eigenvalue weighted by atomic mass is 9.90. The third-order valence-corrected chi connectivity index (χ3v) is 4.78. The van der Waals surface area contributed by atoms with E-state index in [-0.39, 0.29) is 0 Å². The number of aryl methyl sites for hydroxylation is 1. The van der Waals surface area contributed by atoms with Crippen LogP contribution in [0.3, 0.4) is 0 Å². The molecule has 1 fully saturated rings. The topological polar surface area (TPSA) is 29.9 Å². The number of aromatic nitrogens is 2. The van der Waals surface area contributed by atoms with Crippen molar-refractivity contribution in [2.75, 3.05) is 13.1 Å². The van der Waals surface area contributed by atoms with Gasteiger partial charge in [0.1, 0.15) is 0 Å². The van der Waals surface area contributed by atoms with Gasteiger partial charge in [0.25, 0.3) is 0 Å². The molecule has 104 valence electrons. The maximum Gasteiger partial charge on any atom is 0.0994 e. The molecule has 0 amide bonds. The molecule has 1 saturated heterocycles. The molecule has 1 aliphatic carbocycles. The van der Waals surface area contributed by atoms with Gasteiger partial charge in [-0.25, -0.2) is 4.98 Å². The molecule has 4 rings (SSSR count). The number of nitrogens with one attached hydrogen (secondary N) is 1. The van der Waals surface area contributed by atoms with Crippen LogP contribution >= 0.6 is 0 Å². The van der Waals surface area contributed by atoms with E-state index in [1.54, 1.807) is 5.56 Å². The van der Waals surface area contributed by atoms with E-state index in [2.05, 4.69) is 39.3 Å². The van der Waals surface area contributed by atoms with E-state index in [4.69, 9.17) is 0 Å². The Balaban J connectivity index is 1.80. The smallest absolute Gasteiger partial charge is 0.0994 e. The number of imidazole rings is 1. The summed E-state index contributed by atoms with van der Waals surface area (Å²) in [6, 6.07) is 6.76. The third-order valence-electron chi connectivity index (χ3n) is 4.78. The summed E-state index contributed by atoms with van der Waals surface area (Å²) in [4.78, 5) is 4.43. The van der Waals surface area contributed by atoms with Gasteiger partial charge in [-0.3, -0.25) is 0 Å². The van der Waals surface area contributed by atoms with Gasteiger partial charge in [0.15, 0.2) is 0 Å². The van der Waals surface area contributed by atoms with Gasteiger partial charge in [0.2, 0.25) is 0 Å². The van der Waals surface area contributed by atoms with Crippen molar-refractivity contribution in [3.05, 3.63) is 47.5 Å². The summed E-state index contributed by atoms with van der Waals surface area (Å²) < 4.78 is 2.34. The summed E-state index contributed by atoms with van der Waals surface area (Å²) in [6.07, 6.45) is 10.4. The van der Waals surface area contributed by atoms with Crippen LogP contribution in [0.4, 0.5) is 0 Å². The summed E-state index contributed by atoms with van der Waals surface area (Å²) in [7, 11) is 0. The zero-order chi connectivity index (χ0) is 13.4. The van der Waals surface area contributed by atoms with Crippen LogP contribution in [0.5, 0.6) is 0 Å². The average Bonchev–Trinajstić information content (AvgIpc) is 3.17. The maximum atomic E-state index is 4.43. The minimum absolute atomic E-state index is 0.608. The standard InChI is InChI=1S/C17H21N3/c1-2-6-15-13(4-1)5-3-7-16(15)20-12-19-11-17(20)14-8-9-18-10-14/h3,5,7,11-12,14,18H,1-2,4,6,8-10H2. The van der Waals surface area contributed by atoms with Gasteiger partial charge in [0, 0.05) is 24.4 Å². The highest BCUT2D eigenvalue weighted by molar-refractivity contribution is 5.48.